The number of hydrogen-bond acceptors (Lipinski definition) is 6. The number of likely N-dealkylation sites (tertiary alicyclic amines) is 1. The van der Waals surface area contributed by atoms with Crippen LogP contribution in [0.3, 0.4) is 0 Å². The minimum absolute atomic E-state index is 0.0779. The predicted octanol–water partition coefficient (Wildman–Crippen LogP) is 1.75. The molecule has 0 radical (unpaired) electrons. The molecule has 6 nitrogen and oxygen atoms in total. The van der Waals surface area contributed by atoms with Gasteiger partial charge in [0.05, 0.1) is 36.4 Å². The Bertz CT molecular complexity index is 749. The molecule has 1 aliphatic rings. The van der Waals surface area contributed by atoms with Crippen molar-refractivity contribution in [3.63, 3.8) is 0 Å². The van der Waals surface area contributed by atoms with E-state index in [1.807, 2.05) is 31.2 Å². The summed E-state index contributed by atoms with van der Waals surface area (Å²) in [6.45, 7) is 4.11. The van der Waals surface area contributed by atoms with Crippen molar-refractivity contribution in [1.82, 2.24) is 15.2 Å². The lowest BCUT2D eigenvalue weighted by Crippen LogP contribution is -2.54. The Hall–Kier alpha value is -1.96. The van der Waals surface area contributed by atoms with Crippen molar-refractivity contribution in [1.29, 1.82) is 0 Å². The van der Waals surface area contributed by atoms with Crippen LogP contribution in [0.2, 0.25) is 0 Å². The van der Waals surface area contributed by atoms with Crippen LogP contribution in [0.1, 0.15) is 22.7 Å². The maximum atomic E-state index is 12.3. The van der Waals surface area contributed by atoms with E-state index in [1.54, 1.807) is 18.4 Å². The van der Waals surface area contributed by atoms with Gasteiger partial charge in [0, 0.05) is 25.0 Å². The first-order valence-electron chi connectivity index (χ1n) is 8.77. The Morgan fingerprint density at radius 2 is 2.35 bits per heavy atom. The number of ether oxygens (including phenoxy) is 1. The summed E-state index contributed by atoms with van der Waals surface area (Å²) in [6.07, 6.45) is 0.439. The Kier molecular flexibility index (Phi) is 6.24. The summed E-state index contributed by atoms with van der Waals surface area (Å²) >= 11 is 1.64. The number of carbonyl (C=O) groups excluding carboxylic acids is 1. The minimum atomic E-state index is -0.572. The number of thiazole rings is 1. The van der Waals surface area contributed by atoms with Crippen molar-refractivity contribution < 1.29 is 14.6 Å². The second-order valence-electron chi connectivity index (χ2n) is 6.65. The number of carbonyl (C=O) groups is 1. The first-order valence-corrected chi connectivity index (χ1v) is 9.65. The average molecular weight is 375 g/mol. The molecule has 1 aromatic heterocycles. The number of piperidine rings is 1. The molecule has 140 valence electrons. The standard InChI is InChI=1S/C19H25N3O3S/c1-13-20-15(12-26-13)10-22-7-6-17(18(23)11-22)21-19(24)9-14-4-3-5-16(8-14)25-2/h3-5,8,12,17-18,23H,6-7,9-11H2,1-2H3,(H,21,24)/t17-,18-/m1/s1. The normalized spacial score (nSPS) is 20.7. The van der Waals surface area contributed by atoms with Crippen LogP contribution in [0.4, 0.5) is 0 Å². The lowest BCUT2D eigenvalue weighted by molar-refractivity contribution is -0.122. The minimum Gasteiger partial charge on any atom is -0.497 e. The molecule has 2 aromatic rings. The van der Waals surface area contributed by atoms with E-state index >= 15 is 0 Å². The van der Waals surface area contributed by atoms with Crippen molar-refractivity contribution in [2.75, 3.05) is 20.2 Å². The van der Waals surface area contributed by atoms with Crippen molar-refractivity contribution >= 4 is 17.2 Å². The first-order chi connectivity index (χ1) is 12.5. The van der Waals surface area contributed by atoms with E-state index in [0.717, 1.165) is 41.5 Å². The smallest absolute Gasteiger partial charge is 0.224 e. The summed E-state index contributed by atoms with van der Waals surface area (Å²) in [5.41, 5.74) is 1.94. The van der Waals surface area contributed by atoms with Crippen molar-refractivity contribution in [3.8, 4) is 5.75 Å². The van der Waals surface area contributed by atoms with Crippen LogP contribution in [-0.2, 0) is 17.8 Å². The summed E-state index contributed by atoms with van der Waals surface area (Å²) in [4.78, 5) is 19.0. The van der Waals surface area contributed by atoms with Gasteiger partial charge >= 0.3 is 0 Å². The lowest BCUT2D eigenvalue weighted by atomic mass is 10.0. The molecule has 1 fully saturated rings. The molecule has 7 heteroatoms. The van der Waals surface area contributed by atoms with Gasteiger partial charge in [0.15, 0.2) is 0 Å². The molecule has 2 heterocycles. The van der Waals surface area contributed by atoms with Gasteiger partial charge in [-0.25, -0.2) is 4.98 Å². The number of benzene rings is 1. The lowest BCUT2D eigenvalue weighted by Gasteiger charge is -2.36. The molecule has 2 atom stereocenters. The van der Waals surface area contributed by atoms with Crippen LogP contribution < -0.4 is 10.1 Å². The molecule has 26 heavy (non-hydrogen) atoms. The number of aliphatic hydroxyl groups excluding tert-OH is 1. The molecule has 0 spiro atoms. The number of aromatic nitrogens is 1. The van der Waals surface area contributed by atoms with Gasteiger partial charge in [-0.3, -0.25) is 9.69 Å². The maximum Gasteiger partial charge on any atom is 0.224 e. The molecule has 3 rings (SSSR count). The largest absolute Gasteiger partial charge is 0.497 e. The number of nitrogens with one attached hydrogen (secondary N) is 1. The maximum absolute atomic E-state index is 12.3. The number of aryl methyl sites for hydroxylation is 1. The monoisotopic (exact) mass is 375 g/mol. The molecule has 0 bridgehead atoms. The first kappa shape index (κ1) is 18.8. The highest BCUT2D eigenvalue weighted by atomic mass is 32.1. The van der Waals surface area contributed by atoms with Gasteiger partial charge in [-0.1, -0.05) is 12.1 Å². The fourth-order valence-electron chi connectivity index (χ4n) is 3.24. The molecule has 0 aliphatic carbocycles. The second kappa shape index (κ2) is 8.62. The van der Waals surface area contributed by atoms with Gasteiger partial charge in [0.25, 0.3) is 0 Å². The zero-order valence-corrected chi connectivity index (χ0v) is 16.0. The molecular formula is C19H25N3O3S. The highest BCUT2D eigenvalue weighted by molar-refractivity contribution is 7.09. The number of aliphatic hydroxyl groups is 1. The summed E-state index contributed by atoms with van der Waals surface area (Å²) in [5.74, 6) is 0.659. The Labute approximate surface area is 157 Å². The van der Waals surface area contributed by atoms with Gasteiger partial charge in [-0.05, 0) is 31.0 Å². The number of rotatable bonds is 6. The Morgan fingerprint density at radius 1 is 1.50 bits per heavy atom. The van der Waals surface area contributed by atoms with E-state index in [0.29, 0.717) is 6.54 Å². The van der Waals surface area contributed by atoms with Gasteiger partial charge < -0.3 is 15.2 Å². The van der Waals surface area contributed by atoms with E-state index in [4.69, 9.17) is 4.74 Å². The summed E-state index contributed by atoms with van der Waals surface area (Å²) < 4.78 is 5.18. The summed E-state index contributed by atoms with van der Waals surface area (Å²) in [5, 5.41) is 16.5. The van der Waals surface area contributed by atoms with E-state index in [2.05, 4.69) is 20.6 Å². The van der Waals surface area contributed by atoms with E-state index < -0.39 is 6.10 Å². The fraction of sp³-hybridized carbons (Fsp3) is 0.474. The summed E-state index contributed by atoms with van der Waals surface area (Å²) in [6, 6.07) is 7.27. The van der Waals surface area contributed by atoms with E-state index in [9.17, 15) is 9.90 Å². The van der Waals surface area contributed by atoms with Gasteiger partial charge in [-0.15, -0.1) is 11.3 Å². The molecule has 2 N–H and O–H groups in total. The molecule has 1 amide bonds. The number of nitrogens with zero attached hydrogens (tertiary/aromatic N) is 2. The van der Waals surface area contributed by atoms with Crippen LogP contribution >= 0.6 is 11.3 Å². The summed E-state index contributed by atoms with van der Waals surface area (Å²) in [7, 11) is 1.61. The van der Waals surface area contributed by atoms with Crippen LogP contribution in [0.15, 0.2) is 29.6 Å². The highest BCUT2D eigenvalue weighted by Crippen LogP contribution is 2.17. The molecule has 0 saturated carbocycles. The molecular weight excluding hydrogens is 350 g/mol. The molecule has 1 saturated heterocycles. The van der Waals surface area contributed by atoms with Crippen LogP contribution in [0, 0.1) is 6.92 Å². The molecule has 1 aliphatic heterocycles. The van der Waals surface area contributed by atoms with Crippen LogP contribution in [0.5, 0.6) is 5.75 Å². The third kappa shape index (κ3) is 5.03. The Morgan fingerprint density at radius 3 is 3.04 bits per heavy atom. The third-order valence-electron chi connectivity index (χ3n) is 4.56. The van der Waals surface area contributed by atoms with E-state index in [-0.39, 0.29) is 18.4 Å². The van der Waals surface area contributed by atoms with Crippen LogP contribution in [0.25, 0.3) is 0 Å². The molecule has 0 unspecified atom stereocenters. The Balaban J connectivity index is 1.48. The molecule has 1 aromatic carbocycles. The average Bonchev–Trinajstić information content (AvgIpc) is 3.02. The van der Waals surface area contributed by atoms with Crippen molar-refractivity contribution in [2.24, 2.45) is 0 Å². The van der Waals surface area contributed by atoms with E-state index in [1.165, 1.54) is 0 Å². The third-order valence-corrected chi connectivity index (χ3v) is 5.39. The van der Waals surface area contributed by atoms with Gasteiger partial charge in [0.1, 0.15) is 5.75 Å². The zero-order chi connectivity index (χ0) is 18.5. The van der Waals surface area contributed by atoms with Gasteiger partial charge in [0.2, 0.25) is 5.91 Å². The zero-order valence-electron chi connectivity index (χ0n) is 15.1. The number of β-amino-alcohol motifs (C(OH)–C–C–N with tert-alkyl or cyclic N) is 1. The SMILES string of the molecule is COc1cccc(CC(=O)N[C@@H]2CCN(Cc3csc(C)n3)C[C@H]2O)c1. The predicted molar refractivity (Wildman–Crippen MR) is 101 cm³/mol. The van der Waals surface area contributed by atoms with Crippen molar-refractivity contribution in [2.45, 2.75) is 38.5 Å². The highest BCUT2D eigenvalue weighted by Gasteiger charge is 2.29. The second-order valence-corrected chi connectivity index (χ2v) is 7.71. The number of amides is 1. The number of methoxy groups -OCH3 is 1. The van der Waals surface area contributed by atoms with Gasteiger partial charge in [-0.2, -0.15) is 0 Å². The topological polar surface area (TPSA) is 74.7 Å². The number of hydrogen-bond donors (Lipinski definition) is 2. The fourth-order valence-corrected chi connectivity index (χ4v) is 3.85. The van der Waals surface area contributed by atoms with Crippen LogP contribution in [-0.4, -0.2) is 53.2 Å². The van der Waals surface area contributed by atoms with Crippen molar-refractivity contribution in [3.05, 3.63) is 45.9 Å². The quantitative estimate of drug-likeness (QED) is 0.805.